The molecule has 2 aromatic rings. The average molecular weight is 228 g/mol. The minimum absolute atomic E-state index is 0.421. The fourth-order valence-corrected chi connectivity index (χ4v) is 1.32. The van der Waals surface area contributed by atoms with Gasteiger partial charge in [0.2, 0.25) is 5.88 Å². The van der Waals surface area contributed by atoms with Crippen molar-refractivity contribution in [1.82, 2.24) is 4.98 Å². The van der Waals surface area contributed by atoms with Gasteiger partial charge in [-0.15, -0.1) is 0 Å². The van der Waals surface area contributed by atoms with E-state index in [2.05, 4.69) is 11.1 Å². The van der Waals surface area contributed by atoms with Crippen LogP contribution in [0.15, 0.2) is 36.5 Å². The first-order valence-corrected chi connectivity index (χ1v) is 4.96. The van der Waals surface area contributed by atoms with Crippen molar-refractivity contribution in [3.63, 3.8) is 0 Å². The Bertz CT molecular complexity index is 511. The number of hydrogen-bond donors (Lipinski definition) is 0. The first-order chi connectivity index (χ1) is 8.33. The van der Waals surface area contributed by atoms with E-state index >= 15 is 0 Å². The number of rotatable bonds is 4. The summed E-state index contributed by atoms with van der Waals surface area (Å²) in [7, 11) is 1.52. The van der Waals surface area contributed by atoms with Crippen molar-refractivity contribution in [2.24, 2.45) is 0 Å². The van der Waals surface area contributed by atoms with Gasteiger partial charge in [-0.2, -0.15) is 0 Å². The molecular weight excluding hydrogens is 218 g/mol. The van der Waals surface area contributed by atoms with Crippen molar-refractivity contribution < 1.29 is 14.3 Å². The van der Waals surface area contributed by atoms with E-state index in [-0.39, 0.29) is 0 Å². The Kier molecular flexibility index (Phi) is 3.35. The second-order valence-electron chi connectivity index (χ2n) is 3.22. The lowest BCUT2D eigenvalue weighted by Gasteiger charge is -2.09. The number of benzene rings is 1. The van der Waals surface area contributed by atoms with Gasteiger partial charge in [0, 0.05) is 17.8 Å². The van der Waals surface area contributed by atoms with Gasteiger partial charge < -0.3 is 9.47 Å². The fraction of sp³-hybridized carbons (Fsp3) is 0.0769. The molecule has 17 heavy (non-hydrogen) atoms. The van der Waals surface area contributed by atoms with Gasteiger partial charge in [-0.1, -0.05) is 0 Å². The van der Waals surface area contributed by atoms with E-state index in [4.69, 9.17) is 9.47 Å². The first-order valence-electron chi connectivity index (χ1n) is 4.96. The zero-order valence-electron chi connectivity index (χ0n) is 9.21. The zero-order chi connectivity index (χ0) is 12.1. The predicted octanol–water partition coefficient (Wildman–Crippen LogP) is 2.50. The Morgan fingerprint density at radius 1 is 1.35 bits per heavy atom. The minimum atomic E-state index is 0.421. The number of hydrogen-bond acceptors (Lipinski definition) is 4. The minimum Gasteiger partial charge on any atom is -0.493 e. The van der Waals surface area contributed by atoms with Crippen molar-refractivity contribution in [1.29, 1.82) is 0 Å². The smallest absolute Gasteiger partial charge is 0.219 e. The molecule has 0 fully saturated rings. The molecule has 0 amide bonds. The molecule has 0 N–H and O–H groups in total. The highest BCUT2D eigenvalue weighted by Crippen LogP contribution is 2.30. The molecule has 0 aliphatic rings. The van der Waals surface area contributed by atoms with Crippen LogP contribution >= 0.6 is 0 Å². The zero-order valence-corrected chi connectivity index (χ0v) is 9.21. The summed E-state index contributed by atoms with van der Waals surface area (Å²) in [6, 6.07) is 11.1. The molecule has 1 aromatic carbocycles. The second-order valence-corrected chi connectivity index (χ2v) is 3.22. The van der Waals surface area contributed by atoms with Crippen LogP contribution in [0.1, 0.15) is 10.4 Å². The molecule has 2 rings (SSSR count). The summed E-state index contributed by atoms with van der Waals surface area (Å²) < 4.78 is 10.7. The lowest BCUT2D eigenvalue weighted by atomic mass is 10.2. The number of ether oxygens (including phenoxy) is 2. The second kappa shape index (κ2) is 5.12. The highest BCUT2D eigenvalue weighted by Gasteiger charge is 2.07. The fourth-order valence-electron chi connectivity index (χ4n) is 1.32. The van der Waals surface area contributed by atoms with Gasteiger partial charge in [-0.25, -0.2) is 4.98 Å². The number of carbonyl (C=O) groups is 1. The topological polar surface area (TPSA) is 48.4 Å². The first kappa shape index (κ1) is 11.1. The number of aromatic nitrogens is 1. The average Bonchev–Trinajstić information content (AvgIpc) is 2.40. The van der Waals surface area contributed by atoms with Crippen LogP contribution < -0.4 is 9.47 Å². The molecule has 1 aromatic heterocycles. The Morgan fingerprint density at radius 2 is 2.24 bits per heavy atom. The highest BCUT2D eigenvalue weighted by molar-refractivity contribution is 5.76. The predicted molar refractivity (Wildman–Crippen MR) is 61.5 cm³/mol. The van der Waals surface area contributed by atoms with Crippen LogP contribution in [0.4, 0.5) is 0 Å². The van der Waals surface area contributed by atoms with Gasteiger partial charge in [-0.05, 0) is 30.3 Å². The molecule has 0 aliphatic carbocycles. The Morgan fingerprint density at radius 3 is 2.88 bits per heavy atom. The van der Waals surface area contributed by atoms with Crippen LogP contribution in [0.5, 0.6) is 17.4 Å². The molecule has 0 bridgehead atoms. The van der Waals surface area contributed by atoms with E-state index in [0.29, 0.717) is 22.9 Å². The quantitative estimate of drug-likeness (QED) is 0.754. The summed E-state index contributed by atoms with van der Waals surface area (Å²) in [5, 5.41) is 0. The molecule has 0 saturated heterocycles. The van der Waals surface area contributed by atoms with Crippen LogP contribution in [0.2, 0.25) is 0 Å². The summed E-state index contributed by atoms with van der Waals surface area (Å²) in [6.45, 7) is 0. The van der Waals surface area contributed by atoms with Crippen molar-refractivity contribution >= 4 is 6.29 Å². The SMILES string of the molecule is COc1cc(C=O)ccc1Oc1c[c]ccn1. The van der Waals surface area contributed by atoms with Gasteiger partial charge in [0.1, 0.15) is 6.29 Å². The van der Waals surface area contributed by atoms with Crippen LogP contribution in [-0.4, -0.2) is 18.4 Å². The van der Waals surface area contributed by atoms with Crippen molar-refractivity contribution in [3.8, 4) is 17.4 Å². The van der Waals surface area contributed by atoms with E-state index in [1.165, 1.54) is 7.11 Å². The number of methoxy groups -OCH3 is 1. The van der Waals surface area contributed by atoms with Gasteiger partial charge in [0.25, 0.3) is 0 Å². The molecule has 0 spiro atoms. The highest BCUT2D eigenvalue weighted by atomic mass is 16.5. The van der Waals surface area contributed by atoms with Crippen LogP contribution in [-0.2, 0) is 0 Å². The largest absolute Gasteiger partial charge is 0.493 e. The molecule has 1 radical (unpaired) electrons. The van der Waals surface area contributed by atoms with E-state index in [0.717, 1.165) is 6.29 Å². The molecule has 0 aliphatic heterocycles. The van der Waals surface area contributed by atoms with E-state index in [1.54, 1.807) is 36.5 Å². The summed E-state index contributed by atoms with van der Waals surface area (Å²) >= 11 is 0. The normalized spacial score (nSPS) is 9.71. The lowest BCUT2D eigenvalue weighted by molar-refractivity contribution is 0.112. The molecule has 0 unspecified atom stereocenters. The molecule has 4 heteroatoms. The Hall–Kier alpha value is -2.36. The summed E-state index contributed by atoms with van der Waals surface area (Å²) in [5.41, 5.74) is 0.529. The van der Waals surface area contributed by atoms with Gasteiger partial charge in [0.05, 0.1) is 7.11 Å². The van der Waals surface area contributed by atoms with Crippen molar-refractivity contribution in [2.45, 2.75) is 0 Å². The monoisotopic (exact) mass is 228 g/mol. The Labute approximate surface area is 98.8 Å². The van der Waals surface area contributed by atoms with Crippen molar-refractivity contribution in [2.75, 3.05) is 7.11 Å². The third-order valence-corrected chi connectivity index (χ3v) is 2.12. The number of pyridine rings is 1. The van der Waals surface area contributed by atoms with Gasteiger partial charge in [0.15, 0.2) is 11.5 Å². The maximum Gasteiger partial charge on any atom is 0.219 e. The summed E-state index contributed by atoms with van der Waals surface area (Å²) in [6.07, 6.45) is 2.34. The van der Waals surface area contributed by atoms with E-state index in [9.17, 15) is 4.79 Å². The summed E-state index contributed by atoms with van der Waals surface area (Å²) in [5.74, 6) is 1.41. The number of carbonyl (C=O) groups excluding carboxylic acids is 1. The third kappa shape index (κ3) is 2.60. The van der Waals surface area contributed by atoms with Crippen molar-refractivity contribution in [3.05, 3.63) is 48.2 Å². The van der Waals surface area contributed by atoms with Gasteiger partial charge >= 0.3 is 0 Å². The molecule has 4 nitrogen and oxygen atoms in total. The van der Waals surface area contributed by atoms with Gasteiger partial charge in [-0.3, -0.25) is 4.79 Å². The Balaban J connectivity index is 2.29. The summed E-state index contributed by atoms with van der Waals surface area (Å²) in [4.78, 5) is 14.6. The molecule has 0 saturated carbocycles. The standard InChI is InChI=1S/C13H10NO3/c1-16-12-8-10(9-15)5-6-11(12)17-13-4-2-3-7-14-13/h3-9H,1H3. The number of nitrogens with zero attached hydrogens (tertiary/aromatic N) is 1. The van der Waals surface area contributed by atoms with E-state index in [1.807, 2.05) is 0 Å². The molecule has 0 atom stereocenters. The molecule has 85 valence electrons. The van der Waals surface area contributed by atoms with Crippen LogP contribution in [0.25, 0.3) is 0 Å². The maximum atomic E-state index is 10.6. The molecule has 1 heterocycles. The maximum absolute atomic E-state index is 10.6. The lowest BCUT2D eigenvalue weighted by Crippen LogP contribution is -1.93. The van der Waals surface area contributed by atoms with Crippen LogP contribution in [0.3, 0.4) is 0 Å². The third-order valence-electron chi connectivity index (χ3n) is 2.12. The van der Waals surface area contributed by atoms with E-state index < -0.39 is 0 Å². The molecular formula is C13H10NO3. The number of aldehydes is 1. The van der Waals surface area contributed by atoms with Crippen LogP contribution in [0, 0.1) is 6.07 Å².